The van der Waals surface area contributed by atoms with Crippen LogP contribution in [-0.2, 0) is 16.2 Å². The van der Waals surface area contributed by atoms with Gasteiger partial charge in [0.05, 0.1) is 51.1 Å². The quantitative estimate of drug-likeness (QED) is 0.162. The molecule has 0 bridgehead atoms. The average Bonchev–Trinajstić information content (AvgIpc) is 4.02. The lowest BCUT2D eigenvalue weighted by molar-refractivity contribution is 0.590. The minimum absolute atomic E-state index is 0.0272. The summed E-state index contributed by atoms with van der Waals surface area (Å²) in [5.41, 5.74) is 20.7. The van der Waals surface area contributed by atoms with Crippen molar-refractivity contribution in [3.63, 3.8) is 0 Å². The van der Waals surface area contributed by atoms with E-state index < -0.39 is 0 Å². The van der Waals surface area contributed by atoms with E-state index in [2.05, 4.69) is 222 Å². The van der Waals surface area contributed by atoms with Crippen molar-refractivity contribution >= 4 is 122 Å². The molecule has 0 saturated heterocycles. The third-order valence-corrected chi connectivity index (χ3v) is 16.7. The number of rotatable bonds is 2. The first-order valence-corrected chi connectivity index (χ1v) is 25.4. The molecular formula is C63H51BN4OS. The van der Waals surface area contributed by atoms with Gasteiger partial charge in [-0.1, -0.05) is 141 Å². The molecule has 0 spiro atoms. The number of benzene rings is 8. The second kappa shape index (κ2) is 13.8. The molecule has 14 rings (SSSR count). The predicted octanol–water partition coefficient (Wildman–Crippen LogP) is 15.7. The Kier molecular flexibility index (Phi) is 8.19. The second-order valence-corrected chi connectivity index (χ2v) is 24.0. The normalized spacial score (nSPS) is 14.0. The lowest BCUT2D eigenvalue weighted by Gasteiger charge is -2.46. The highest BCUT2D eigenvalue weighted by molar-refractivity contribution is 7.33. The number of furan rings is 1. The summed E-state index contributed by atoms with van der Waals surface area (Å²) in [6.45, 7) is 20.8. The molecule has 0 N–H and O–H groups in total. The molecule has 338 valence electrons. The van der Waals surface area contributed by atoms with Gasteiger partial charge in [-0.15, -0.1) is 11.3 Å². The zero-order valence-electron chi connectivity index (χ0n) is 41.0. The third kappa shape index (κ3) is 5.60. The minimum atomic E-state index is -0.160. The van der Waals surface area contributed by atoms with Crippen molar-refractivity contribution in [2.75, 3.05) is 9.80 Å². The van der Waals surface area contributed by atoms with Gasteiger partial charge >= 0.3 is 0 Å². The Hall–Kier alpha value is -7.53. The van der Waals surface area contributed by atoms with E-state index in [9.17, 15) is 5.26 Å². The van der Waals surface area contributed by atoms with Gasteiger partial charge in [0.1, 0.15) is 5.58 Å². The zero-order chi connectivity index (χ0) is 47.9. The van der Waals surface area contributed by atoms with Crippen molar-refractivity contribution in [1.82, 2.24) is 4.57 Å². The van der Waals surface area contributed by atoms with E-state index in [1.807, 2.05) is 17.4 Å². The Labute approximate surface area is 412 Å². The Balaban J connectivity index is 1.17. The summed E-state index contributed by atoms with van der Waals surface area (Å²) in [5.74, 6) is 0. The number of aromatic nitrogens is 1. The van der Waals surface area contributed by atoms with E-state index in [-0.39, 0.29) is 23.0 Å². The fourth-order valence-electron chi connectivity index (χ4n) is 11.9. The van der Waals surface area contributed by atoms with Crippen LogP contribution in [0.5, 0.6) is 0 Å². The molecule has 0 aliphatic carbocycles. The number of hydrogen-bond acceptors (Lipinski definition) is 5. The maximum Gasteiger partial charge on any atom is 0.264 e. The van der Waals surface area contributed by atoms with Gasteiger partial charge < -0.3 is 18.8 Å². The zero-order valence-corrected chi connectivity index (χ0v) is 41.9. The van der Waals surface area contributed by atoms with Crippen molar-refractivity contribution in [2.24, 2.45) is 0 Å². The Morgan fingerprint density at radius 2 is 1.19 bits per heavy atom. The number of thiophene rings is 1. The lowest BCUT2D eigenvalue weighted by atomic mass is 9.35. The average molecular weight is 923 g/mol. The van der Waals surface area contributed by atoms with Crippen LogP contribution in [0.15, 0.2) is 150 Å². The Bertz CT molecular complexity index is 4160. The van der Waals surface area contributed by atoms with Crippen molar-refractivity contribution in [2.45, 2.75) is 78.6 Å². The highest BCUT2D eigenvalue weighted by Gasteiger charge is 2.49. The molecule has 70 heavy (non-hydrogen) atoms. The van der Waals surface area contributed by atoms with Gasteiger partial charge in [0.15, 0.2) is 5.58 Å². The van der Waals surface area contributed by atoms with Gasteiger partial charge in [-0.2, -0.15) is 5.26 Å². The maximum atomic E-state index is 11.2. The molecule has 11 aromatic rings. The Morgan fingerprint density at radius 1 is 0.514 bits per heavy atom. The highest BCUT2D eigenvalue weighted by atomic mass is 32.1. The monoisotopic (exact) mass is 922 g/mol. The summed E-state index contributed by atoms with van der Waals surface area (Å²) in [5, 5.41) is 17.1. The molecule has 0 saturated carbocycles. The molecule has 0 atom stereocenters. The van der Waals surface area contributed by atoms with Crippen LogP contribution in [0.1, 0.15) is 84.6 Å². The summed E-state index contributed by atoms with van der Waals surface area (Å²) in [7, 11) is 0. The second-order valence-electron chi connectivity index (χ2n) is 22.9. The molecule has 7 heteroatoms. The van der Waals surface area contributed by atoms with Crippen LogP contribution in [-0.4, -0.2) is 11.3 Å². The van der Waals surface area contributed by atoms with Crippen LogP contribution >= 0.6 is 11.3 Å². The third-order valence-electron chi connectivity index (χ3n) is 15.5. The molecular weight excluding hydrogens is 872 g/mol. The van der Waals surface area contributed by atoms with E-state index >= 15 is 0 Å². The van der Waals surface area contributed by atoms with Gasteiger partial charge in [-0.05, 0) is 122 Å². The van der Waals surface area contributed by atoms with Crippen molar-refractivity contribution in [3.8, 4) is 22.9 Å². The summed E-state index contributed by atoms with van der Waals surface area (Å²) in [6.07, 6.45) is 0. The van der Waals surface area contributed by atoms with E-state index in [1.165, 1.54) is 86.8 Å². The fraction of sp³-hybridized carbons (Fsp3) is 0.190. The topological polar surface area (TPSA) is 48.3 Å². The molecule has 8 aromatic carbocycles. The number of anilines is 6. The van der Waals surface area contributed by atoms with Crippen molar-refractivity contribution in [3.05, 3.63) is 168 Å². The van der Waals surface area contributed by atoms with Crippen LogP contribution in [0.2, 0.25) is 0 Å². The molecule has 3 aromatic heterocycles. The van der Waals surface area contributed by atoms with Crippen molar-refractivity contribution < 1.29 is 4.42 Å². The largest absolute Gasteiger partial charge is 0.454 e. The van der Waals surface area contributed by atoms with Gasteiger partial charge in [-0.3, -0.25) is 0 Å². The SMILES string of the molecule is CC(C)(C)c1cc2c3c(c1)-n1c4ccc(C(C)(C)C)cc4c4cc(C(C)(C)C)cc(c41)N3c1cc(C#N)cc3c1B2c1sc2ccc(-c4ccccc4)cc2c1N3c1cccc2c1oc1ccccc12. The number of para-hydroxylation sites is 2. The van der Waals surface area contributed by atoms with Gasteiger partial charge in [0.25, 0.3) is 6.71 Å². The van der Waals surface area contributed by atoms with Crippen LogP contribution in [0.25, 0.3) is 70.6 Å². The highest BCUT2D eigenvalue weighted by Crippen LogP contribution is 2.56. The molecule has 5 nitrogen and oxygen atoms in total. The standard InChI is InChI=1S/C63H51BN4OS/c1-61(2,3)38-23-24-47-43(29-38)44-30-39(62(4,5)6)32-51-56(44)66(47)52-33-40(63(7,8)9)31-46-58(52)68(51)50-27-35(34-65)26-49-55(50)64(46)60-57(45-28-37(22-25-54(45)70-60)36-16-11-10-12-17-36)67(49)48-20-15-19-42-41-18-13-14-21-53(41)69-59(42)48/h10-33H,1-9H3. The van der Waals surface area contributed by atoms with E-state index in [1.54, 1.807) is 0 Å². The summed E-state index contributed by atoms with van der Waals surface area (Å²) in [4.78, 5) is 5.01. The van der Waals surface area contributed by atoms with Crippen LogP contribution in [0.3, 0.4) is 0 Å². The fourth-order valence-corrected chi connectivity index (χ4v) is 13.2. The van der Waals surface area contributed by atoms with Gasteiger partial charge in [0, 0.05) is 47.8 Å². The molecule has 6 heterocycles. The number of fused-ring (bicyclic) bond motifs is 14. The maximum absolute atomic E-state index is 11.2. The molecule has 0 fully saturated rings. The van der Waals surface area contributed by atoms with Crippen LogP contribution in [0, 0.1) is 11.3 Å². The Morgan fingerprint density at radius 3 is 1.93 bits per heavy atom. The summed E-state index contributed by atoms with van der Waals surface area (Å²) >= 11 is 1.90. The first-order chi connectivity index (χ1) is 33.6. The van der Waals surface area contributed by atoms with E-state index in [0.29, 0.717) is 5.56 Å². The first kappa shape index (κ1) is 41.4. The van der Waals surface area contributed by atoms with E-state index in [4.69, 9.17) is 4.42 Å². The smallest absolute Gasteiger partial charge is 0.264 e. The predicted molar refractivity (Wildman–Crippen MR) is 297 cm³/mol. The van der Waals surface area contributed by atoms with Gasteiger partial charge in [0.2, 0.25) is 0 Å². The first-order valence-electron chi connectivity index (χ1n) is 24.6. The van der Waals surface area contributed by atoms with Crippen LogP contribution in [0.4, 0.5) is 34.1 Å². The number of nitrogens with zero attached hydrogens (tertiary/aromatic N) is 4. The molecule has 3 aliphatic heterocycles. The molecule has 0 radical (unpaired) electrons. The molecule has 3 aliphatic rings. The van der Waals surface area contributed by atoms with Crippen LogP contribution < -0.4 is 25.5 Å². The summed E-state index contributed by atoms with van der Waals surface area (Å²) < 4.78 is 12.0. The minimum Gasteiger partial charge on any atom is -0.454 e. The number of nitriles is 1. The molecule has 0 amide bonds. The lowest BCUT2D eigenvalue weighted by Crippen LogP contribution is -2.61. The summed E-state index contributed by atoms with van der Waals surface area (Å²) in [6, 6.07) is 56.7. The van der Waals surface area contributed by atoms with E-state index in [0.717, 1.165) is 50.4 Å². The number of hydrogen-bond donors (Lipinski definition) is 0. The molecule has 0 unspecified atom stereocenters. The van der Waals surface area contributed by atoms with Crippen molar-refractivity contribution in [1.29, 1.82) is 5.26 Å². The van der Waals surface area contributed by atoms with Gasteiger partial charge in [-0.25, -0.2) is 0 Å².